The highest BCUT2D eigenvalue weighted by atomic mass is 19.1. The van der Waals surface area contributed by atoms with E-state index in [1.54, 1.807) is 0 Å². The molecule has 1 aromatic carbocycles. The Morgan fingerprint density at radius 3 is 2.33 bits per heavy atom. The monoisotopic (exact) mass is 296 g/mol. The Hall–Kier alpha value is -2.77. The van der Waals surface area contributed by atoms with Crippen LogP contribution in [0.25, 0.3) is 0 Å². The van der Waals surface area contributed by atoms with Crippen LogP contribution in [0.4, 0.5) is 15.8 Å². The first-order valence-corrected chi connectivity index (χ1v) is 5.71. The maximum Gasteiger partial charge on any atom is 0.339 e. The van der Waals surface area contributed by atoms with Gasteiger partial charge in [0.2, 0.25) is 5.78 Å². The SMILES string of the molecule is C=C(C(=O)O)C(=O)c1cc([N+](=O)[O-])c(C)c(N(C)C)c1F. The number of carboxylic acid groups (broad SMARTS) is 1. The van der Waals surface area contributed by atoms with Crippen molar-refractivity contribution >= 4 is 23.1 Å². The number of hydrogen-bond donors (Lipinski definition) is 1. The quantitative estimate of drug-likeness (QED) is 0.222. The highest BCUT2D eigenvalue weighted by Gasteiger charge is 2.28. The van der Waals surface area contributed by atoms with Crippen LogP contribution in [0.1, 0.15) is 15.9 Å². The van der Waals surface area contributed by atoms with E-state index in [1.165, 1.54) is 25.9 Å². The number of carboxylic acids is 1. The molecule has 0 spiro atoms. The van der Waals surface area contributed by atoms with Crippen LogP contribution in [0.15, 0.2) is 18.2 Å². The summed E-state index contributed by atoms with van der Waals surface area (Å²) in [6.45, 7) is 4.39. The summed E-state index contributed by atoms with van der Waals surface area (Å²) in [5.74, 6) is -3.84. The molecule has 0 saturated carbocycles. The molecule has 7 nitrogen and oxygen atoms in total. The summed E-state index contributed by atoms with van der Waals surface area (Å²) in [6, 6.07) is 0.730. The molecule has 0 aliphatic carbocycles. The molecule has 0 amide bonds. The molecule has 0 aliphatic heterocycles. The van der Waals surface area contributed by atoms with Gasteiger partial charge in [-0.25, -0.2) is 9.18 Å². The smallest absolute Gasteiger partial charge is 0.339 e. The van der Waals surface area contributed by atoms with Crippen molar-refractivity contribution in [2.75, 3.05) is 19.0 Å². The van der Waals surface area contributed by atoms with Gasteiger partial charge < -0.3 is 10.0 Å². The van der Waals surface area contributed by atoms with E-state index in [9.17, 15) is 24.1 Å². The van der Waals surface area contributed by atoms with Gasteiger partial charge >= 0.3 is 5.97 Å². The van der Waals surface area contributed by atoms with Crippen LogP contribution in [-0.2, 0) is 4.79 Å². The van der Waals surface area contributed by atoms with Gasteiger partial charge in [-0.15, -0.1) is 0 Å². The summed E-state index contributed by atoms with van der Waals surface area (Å²) in [5, 5.41) is 19.7. The second-order valence-electron chi connectivity index (χ2n) is 4.50. The number of nitro benzene ring substituents is 1. The van der Waals surface area contributed by atoms with Crippen molar-refractivity contribution in [1.29, 1.82) is 0 Å². The first-order chi connectivity index (χ1) is 9.59. The van der Waals surface area contributed by atoms with E-state index in [1.807, 2.05) is 0 Å². The first kappa shape index (κ1) is 16.3. The van der Waals surface area contributed by atoms with Gasteiger partial charge in [0.1, 0.15) is 5.57 Å². The van der Waals surface area contributed by atoms with Crippen molar-refractivity contribution in [3.05, 3.63) is 45.3 Å². The van der Waals surface area contributed by atoms with E-state index >= 15 is 0 Å². The average molecular weight is 296 g/mol. The number of Topliss-reactive ketones (excluding diaryl/α,β-unsaturated/α-hetero) is 1. The van der Waals surface area contributed by atoms with Crippen LogP contribution in [0, 0.1) is 22.9 Å². The Kier molecular flexibility index (Phi) is 4.42. The van der Waals surface area contributed by atoms with Crippen LogP contribution >= 0.6 is 0 Å². The summed E-state index contributed by atoms with van der Waals surface area (Å²) in [4.78, 5) is 34.2. The number of rotatable bonds is 5. The van der Waals surface area contributed by atoms with Crippen LogP contribution in [0.5, 0.6) is 0 Å². The number of nitro groups is 1. The van der Waals surface area contributed by atoms with E-state index in [0.29, 0.717) is 0 Å². The normalized spacial score (nSPS) is 10.1. The Balaban J connectivity index is 3.68. The molecule has 0 fully saturated rings. The number of halogens is 1. The van der Waals surface area contributed by atoms with Gasteiger partial charge in [-0.05, 0) is 6.92 Å². The summed E-state index contributed by atoms with van der Waals surface area (Å²) >= 11 is 0. The van der Waals surface area contributed by atoms with Crippen molar-refractivity contribution in [2.24, 2.45) is 0 Å². The first-order valence-electron chi connectivity index (χ1n) is 5.71. The maximum atomic E-state index is 14.4. The van der Waals surface area contributed by atoms with Gasteiger partial charge in [0.15, 0.2) is 5.82 Å². The molecule has 112 valence electrons. The molecule has 0 unspecified atom stereocenters. The fourth-order valence-corrected chi connectivity index (χ4v) is 1.87. The van der Waals surface area contributed by atoms with Crippen molar-refractivity contribution < 1.29 is 24.0 Å². The summed E-state index contributed by atoms with van der Waals surface area (Å²) < 4.78 is 14.4. The number of aliphatic carboxylic acids is 1. The highest BCUT2D eigenvalue weighted by molar-refractivity contribution is 6.23. The topological polar surface area (TPSA) is 101 Å². The van der Waals surface area contributed by atoms with Gasteiger partial charge in [0, 0.05) is 20.2 Å². The molecule has 0 saturated heterocycles. The van der Waals surface area contributed by atoms with Crippen molar-refractivity contribution in [1.82, 2.24) is 0 Å². The largest absolute Gasteiger partial charge is 0.478 e. The zero-order chi connectivity index (χ0) is 16.5. The zero-order valence-corrected chi connectivity index (χ0v) is 11.6. The molecule has 1 N–H and O–H groups in total. The lowest BCUT2D eigenvalue weighted by atomic mass is 9.99. The number of carbonyl (C=O) groups excluding carboxylic acids is 1. The van der Waals surface area contributed by atoms with Gasteiger partial charge in [0.05, 0.1) is 21.7 Å². The number of benzene rings is 1. The Labute approximate surface area is 119 Å². The molecule has 0 bridgehead atoms. The van der Waals surface area contributed by atoms with Gasteiger partial charge in [-0.3, -0.25) is 14.9 Å². The third kappa shape index (κ3) is 2.88. The molecular weight excluding hydrogens is 283 g/mol. The second kappa shape index (κ2) is 5.70. The summed E-state index contributed by atoms with van der Waals surface area (Å²) in [7, 11) is 2.91. The Morgan fingerprint density at radius 1 is 1.43 bits per heavy atom. The van der Waals surface area contributed by atoms with E-state index in [-0.39, 0.29) is 11.3 Å². The van der Waals surface area contributed by atoms with E-state index in [2.05, 4.69) is 6.58 Å². The van der Waals surface area contributed by atoms with E-state index < -0.39 is 39.3 Å². The van der Waals surface area contributed by atoms with Crippen LogP contribution < -0.4 is 4.90 Å². The molecule has 1 rings (SSSR count). The minimum absolute atomic E-state index is 0.0417. The predicted octanol–water partition coefficient (Wildman–Crippen LogP) is 1.93. The molecule has 0 radical (unpaired) electrons. The Bertz CT molecular complexity index is 667. The standard InChI is InChI=1S/C13H13FN2O5/c1-6-9(16(20)21)5-8(10(14)11(6)15(3)4)12(17)7(2)13(18)19/h5H,2H2,1,3-4H3,(H,18,19). The van der Waals surface area contributed by atoms with E-state index in [4.69, 9.17) is 5.11 Å². The van der Waals surface area contributed by atoms with Crippen LogP contribution in [0.3, 0.4) is 0 Å². The second-order valence-corrected chi connectivity index (χ2v) is 4.50. The van der Waals surface area contributed by atoms with Gasteiger partial charge in [-0.1, -0.05) is 6.58 Å². The molecule has 0 aromatic heterocycles. The predicted molar refractivity (Wildman–Crippen MR) is 73.2 cm³/mol. The lowest BCUT2D eigenvalue weighted by Crippen LogP contribution is -2.18. The van der Waals surface area contributed by atoms with Crippen molar-refractivity contribution in [3.63, 3.8) is 0 Å². The minimum atomic E-state index is -1.62. The number of hydrogen-bond acceptors (Lipinski definition) is 5. The molecule has 21 heavy (non-hydrogen) atoms. The number of anilines is 1. The third-order valence-corrected chi connectivity index (χ3v) is 2.89. The highest BCUT2D eigenvalue weighted by Crippen LogP contribution is 2.33. The van der Waals surface area contributed by atoms with E-state index in [0.717, 1.165) is 6.07 Å². The molecule has 8 heteroatoms. The average Bonchev–Trinajstić information content (AvgIpc) is 2.36. The van der Waals surface area contributed by atoms with Gasteiger partial charge in [-0.2, -0.15) is 0 Å². The Morgan fingerprint density at radius 2 is 1.95 bits per heavy atom. The summed E-state index contributed by atoms with van der Waals surface area (Å²) in [5.41, 5.74) is -2.13. The lowest BCUT2D eigenvalue weighted by Gasteiger charge is -2.18. The molecule has 0 aliphatic rings. The fourth-order valence-electron chi connectivity index (χ4n) is 1.87. The van der Waals surface area contributed by atoms with Crippen LogP contribution in [-0.4, -0.2) is 35.9 Å². The minimum Gasteiger partial charge on any atom is -0.478 e. The molecular formula is C13H13FN2O5. The molecule has 0 heterocycles. The summed E-state index contributed by atoms with van der Waals surface area (Å²) in [6.07, 6.45) is 0. The number of carbonyl (C=O) groups is 2. The van der Waals surface area contributed by atoms with Crippen molar-refractivity contribution in [3.8, 4) is 0 Å². The third-order valence-electron chi connectivity index (χ3n) is 2.89. The maximum absolute atomic E-state index is 14.4. The van der Waals surface area contributed by atoms with Crippen LogP contribution in [0.2, 0.25) is 0 Å². The molecule has 1 aromatic rings. The number of nitrogens with zero attached hydrogens (tertiary/aromatic N) is 2. The zero-order valence-electron chi connectivity index (χ0n) is 11.6. The fraction of sp³-hybridized carbons (Fsp3) is 0.231. The van der Waals surface area contributed by atoms with Crippen molar-refractivity contribution in [2.45, 2.75) is 6.92 Å². The van der Waals surface area contributed by atoms with Gasteiger partial charge in [0.25, 0.3) is 5.69 Å². The lowest BCUT2D eigenvalue weighted by molar-refractivity contribution is -0.385. The number of ketones is 1. The molecule has 0 atom stereocenters.